The molecule has 1 atom stereocenters. The molecule has 0 aromatic rings. The summed E-state index contributed by atoms with van der Waals surface area (Å²) in [5.41, 5.74) is 0. The smallest absolute Gasteiger partial charge is 0.200 e. The van der Waals surface area contributed by atoms with Gasteiger partial charge in [-0.25, -0.2) is 9.78 Å². The Hall–Kier alpha value is -0.120. The zero-order chi connectivity index (χ0) is 8.81. The number of hydrogen-bond acceptors (Lipinski definition) is 3. The van der Waals surface area contributed by atoms with E-state index in [1.165, 1.54) is 12.8 Å². The van der Waals surface area contributed by atoms with Gasteiger partial charge in [0.1, 0.15) is 0 Å². The zero-order valence-corrected chi connectivity index (χ0v) is 7.93. The Morgan fingerprint density at radius 2 is 2.42 bits per heavy atom. The molecule has 12 heavy (non-hydrogen) atoms. The molecule has 1 radical (unpaired) electrons. The van der Waals surface area contributed by atoms with Crippen LogP contribution < -0.4 is 5.32 Å². The van der Waals surface area contributed by atoms with Crippen LogP contribution in [0.25, 0.3) is 0 Å². The van der Waals surface area contributed by atoms with Gasteiger partial charge in [-0.1, -0.05) is 13.3 Å². The molecular formula is C9H18NO2. The minimum Gasteiger partial charge on any atom is -0.281 e. The Labute approximate surface area is 74.4 Å². The fraction of sp³-hybridized carbons (Fsp3) is 0.889. The number of hydrogen-bond donors (Lipinski definition) is 1. The van der Waals surface area contributed by atoms with E-state index in [1.54, 1.807) is 0 Å². The number of rotatable bonds is 4. The van der Waals surface area contributed by atoms with Gasteiger partial charge in [0.15, 0.2) is 6.23 Å². The third kappa shape index (κ3) is 3.52. The molecule has 71 valence electrons. The summed E-state index contributed by atoms with van der Waals surface area (Å²) in [7, 11) is 0. The summed E-state index contributed by atoms with van der Waals surface area (Å²) in [6.45, 7) is 5.06. The topological polar surface area (TPSA) is 30.5 Å². The van der Waals surface area contributed by atoms with Crippen LogP contribution in [0.4, 0.5) is 0 Å². The molecule has 1 heterocycles. The maximum atomic E-state index is 5.00. The van der Waals surface area contributed by atoms with E-state index in [1.807, 2.05) is 0 Å². The molecule has 1 saturated heterocycles. The zero-order valence-electron chi connectivity index (χ0n) is 7.93. The molecule has 0 aromatic carbocycles. The van der Waals surface area contributed by atoms with Gasteiger partial charge < -0.3 is 0 Å². The molecule has 1 fully saturated rings. The minimum absolute atomic E-state index is 0.492. The van der Waals surface area contributed by atoms with Crippen LogP contribution in [0, 0.1) is 6.23 Å². The van der Waals surface area contributed by atoms with Gasteiger partial charge >= 0.3 is 0 Å². The highest BCUT2D eigenvalue weighted by Gasteiger charge is 2.18. The summed E-state index contributed by atoms with van der Waals surface area (Å²) >= 11 is 0. The van der Waals surface area contributed by atoms with Crippen molar-refractivity contribution >= 4 is 0 Å². The highest BCUT2D eigenvalue weighted by atomic mass is 17.2. The Kier molecular flexibility index (Phi) is 4.58. The van der Waals surface area contributed by atoms with Gasteiger partial charge in [0.2, 0.25) is 0 Å². The van der Waals surface area contributed by atoms with E-state index in [2.05, 4.69) is 19.2 Å². The van der Waals surface area contributed by atoms with E-state index in [0.29, 0.717) is 12.6 Å². The molecular weight excluding hydrogens is 154 g/mol. The van der Waals surface area contributed by atoms with Crippen LogP contribution in [-0.4, -0.2) is 12.6 Å². The van der Waals surface area contributed by atoms with Gasteiger partial charge in [0, 0.05) is 6.04 Å². The SMILES string of the molecule is CCCC(C)N[C]1CCCOO1. The van der Waals surface area contributed by atoms with Gasteiger partial charge in [0.25, 0.3) is 0 Å². The Balaban J connectivity index is 2.11. The maximum absolute atomic E-state index is 5.00. The summed E-state index contributed by atoms with van der Waals surface area (Å²) in [6, 6.07) is 0.492. The molecule has 0 spiro atoms. The Morgan fingerprint density at radius 3 is 3.00 bits per heavy atom. The predicted octanol–water partition coefficient (Wildman–Crippen LogP) is 2.00. The first-order chi connectivity index (χ1) is 5.83. The van der Waals surface area contributed by atoms with Gasteiger partial charge in [0.05, 0.1) is 6.61 Å². The van der Waals surface area contributed by atoms with Gasteiger partial charge in [-0.05, 0) is 26.2 Å². The quantitative estimate of drug-likeness (QED) is 0.658. The third-order valence-corrected chi connectivity index (χ3v) is 1.92. The lowest BCUT2D eigenvalue weighted by molar-refractivity contribution is -0.312. The second kappa shape index (κ2) is 5.51. The predicted molar refractivity (Wildman–Crippen MR) is 47.0 cm³/mol. The molecule has 0 bridgehead atoms. The fourth-order valence-corrected chi connectivity index (χ4v) is 1.32. The molecule has 1 N–H and O–H groups in total. The first kappa shape index (κ1) is 9.96. The molecule has 1 aliphatic rings. The van der Waals surface area contributed by atoms with E-state index < -0.39 is 0 Å². The van der Waals surface area contributed by atoms with Crippen molar-refractivity contribution in [3.8, 4) is 0 Å². The van der Waals surface area contributed by atoms with Crippen LogP contribution in [0.5, 0.6) is 0 Å². The molecule has 0 saturated carbocycles. The van der Waals surface area contributed by atoms with Crippen LogP contribution >= 0.6 is 0 Å². The lowest BCUT2D eigenvalue weighted by atomic mass is 10.2. The molecule has 1 aliphatic heterocycles. The third-order valence-electron chi connectivity index (χ3n) is 1.92. The first-order valence-electron chi connectivity index (χ1n) is 4.74. The first-order valence-corrected chi connectivity index (χ1v) is 4.74. The van der Waals surface area contributed by atoms with Crippen molar-refractivity contribution in [2.24, 2.45) is 0 Å². The molecule has 3 heteroatoms. The monoisotopic (exact) mass is 172 g/mol. The van der Waals surface area contributed by atoms with Crippen molar-refractivity contribution in [2.45, 2.75) is 45.6 Å². The molecule has 0 aromatic heterocycles. The Morgan fingerprint density at radius 1 is 1.58 bits per heavy atom. The standard InChI is InChI=1S/C9H18NO2/c1-3-5-8(2)10-9-6-4-7-11-12-9/h8,10H,3-7H2,1-2H3. The van der Waals surface area contributed by atoms with Gasteiger partial charge in [-0.3, -0.25) is 5.32 Å². The summed E-state index contributed by atoms with van der Waals surface area (Å²) in [6.07, 6.45) is 5.30. The highest BCUT2D eigenvalue weighted by Crippen LogP contribution is 2.15. The van der Waals surface area contributed by atoms with Crippen molar-refractivity contribution < 1.29 is 9.78 Å². The lowest BCUT2D eigenvalue weighted by Gasteiger charge is -2.23. The van der Waals surface area contributed by atoms with E-state index >= 15 is 0 Å². The van der Waals surface area contributed by atoms with E-state index in [4.69, 9.17) is 9.78 Å². The Bertz CT molecular complexity index is 113. The summed E-state index contributed by atoms with van der Waals surface area (Å²) in [5.74, 6) is 0. The number of nitrogens with one attached hydrogen (secondary N) is 1. The normalized spacial score (nSPS) is 22.5. The summed E-state index contributed by atoms with van der Waals surface area (Å²) in [5, 5.41) is 3.29. The van der Waals surface area contributed by atoms with E-state index in [9.17, 15) is 0 Å². The van der Waals surface area contributed by atoms with Crippen molar-refractivity contribution in [1.29, 1.82) is 0 Å². The molecule has 1 unspecified atom stereocenters. The second-order valence-corrected chi connectivity index (χ2v) is 3.27. The average Bonchev–Trinajstić information content (AvgIpc) is 2.06. The largest absolute Gasteiger partial charge is 0.281 e. The van der Waals surface area contributed by atoms with Crippen molar-refractivity contribution in [1.82, 2.24) is 5.32 Å². The van der Waals surface area contributed by atoms with Crippen molar-refractivity contribution in [2.75, 3.05) is 6.61 Å². The van der Waals surface area contributed by atoms with Crippen molar-refractivity contribution in [3.63, 3.8) is 0 Å². The molecule has 3 nitrogen and oxygen atoms in total. The molecule has 0 amide bonds. The van der Waals surface area contributed by atoms with Crippen LogP contribution in [0.1, 0.15) is 39.5 Å². The maximum Gasteiger partial charge on any atom is 0.200 e. The van der Waals surface area contributed by atoms with Crippen LogP contribution in [0.2, 0.25) is 0 Å². The second-order valence-electron chi connectivity index (χ2n) is 3.27. The molecule has 0 aliphatic carbocycles. The highest BCUT2D eigenvalue weighted by molar-refractivity contribution is 4.78. The van der Waals surface area contributed by atoms with Crippen molar-refractivity contribution in [3.05, 3.63) is 6.23 Å². The van der Waals surface area contributed by atoms with Gasteiger partial charge in [-0.2, -0.15) is 0 Å². The summed E-state index contributed by atoms with van der Waals surface area (Å²) in [4.78, 5) is 9.86. The lowest BCUT2D eigenvalue weighted by Crippen LogP contribution is -2.34. The van der Waals surface area contributed by atoms with E-state index in [0.717, 1.165) is 19.1 Å². The van der Waals surface area contributed by atoms with E-state index in [-0.39, 0.29) is 0 Å². The summed E-state index contributed by atoms with van der Waals surface area (Å²) < 4.78 is 0. The fourth-order valence-electron chi connectivity index (χ4n) is 1.32. The minimum atomic E-state index is 0.492. The average molecular weight is 172 g/mol. The van der Waals surface area contributed by atoms with Crippen LogP contribution in [0.3, 0.4) is 0 Å². The van der Waals surface area contributed by atoms with Crippen LogP contribution in [-0.2, 0) is 9.78 Å². The molecule has 1 rings (SSSR count). The van der Waals surface area contributed by atoms with Crippen LogP contribution in [0.15, 0.2) is 0 Å². The van der Waals surface area contributed by atoms with Gasteiger partial charge in [-0.15, -0.1) is 0 Å².